The fourth-order valence-electron chi connectivity index (χ4n) is 3.99. The molecule has 0 atom stereocenters. The zero-order valence-electron chi connectivity index (χ0n) is 19.3. The first-order valence-corrected chi connectivity index (χ1v) is 12.2. The third-order valence-electron chi connectivity index (χ3n) is 5.56. The van der Waals surface area contributed by atoms with Crippen molar-refractivity contribution in [1.29, 1.82) is 0 Å². The molecular formula is C26H27BrN4O3. The third kappa shape index (κ3) is 5.51. The number of fused-ring (bicyclic) bond motifs is 1. The maximum Gasteiger partial charge on any atom is 0.306 e. The highest BCUT2D eigenvalue weighted by Gasteiger charge is 2.20. The predicted molar refractivity (Wildman–Crippen MR) is 133 cm³/mol. The summed E-state index contributed by atoms with van der Waals surface area (Å²) in [5.41, 5.74) is 6.85. The Hall–Kier alpha value is -3.10. The Morgan fingerprint density at radius 3 is 2.62 bits per heavy atom. The number of aromatic nitrogens is 4. The second-order valence-electron chi connectivity index (χ2n) is 7.82. The van der Waals surface area contributed by atoms with E-state index in [-0.39, 0.29) is 12.4 Å². The number of rotatable bonds is 10. The highest BCUT2D eigenvalue weighted by Crippen LogP contribution is 2.33. The van der Waals surface area contributed by atoms with Crippen LogP contribution in [0.1, 0.15) is 42.8 Å². The average molecular weight is 523 g/mol. The number of carbonyl (C=O) groups is 1. The number of ether oxygens (including phenoxy) is 2. The molecule has 8 heteroatoms. The minimum absolute atomic E-state index is 0.228. The van der Waals surface area contributed by atoms with Crippen LogP contribution in [0.4, 0.5) is 0 Å². The molecule has 0 aliphatic carbocycles. The van der Waals surface area contributed by atoms with Crippen molar-refractivity contribution < 1.29 is 14.3 Å². The number of nitrogens with zero attached hydrogens (tertiary/aromatic N) is 4. The lowest BCUT2D eigenvalue weighted by atomic mass is 9.96. The Balaban J connectivity index is 1.79. The Morgan fingerprint density at radius 1 is 1.06 bits per heavy atom. The minimum Gasteiger partial charge on any atom is -0.466 e. The van der Waals surface area contributed by atoms with Gasteiger partial charge in [-0.1, -0.05) is 6.92 Å². The van der Waals surface area contributed by atoms with E-state index in [1.165, 1.54) is 0 Å². The molecule has 0 bridgehead atoms. The molecule has 176 valence electrons. The van der Waals surface area contributed by atoms with Crippen LogP contribution in [0.5, 0.6) is 0 Å². The number of carbonyl (C=O) groups excluding carboxylic acids is 1. The van der Waals surface area contributed by atoms with Gasteiger partial charge in [0.05, 0.1) is 31.0 Å². The zero-order chi connectivity index (χ0) is 23.9. The van der Waals surface area contributed by atoms with E-state index in [0.717, 1.165) is 50.1 Å². The molecule has 0 aliphatic rings. The summed E-state index contributed by atoms with van der Waals surface area (Å²) in [5.74, 6) is -0.228. The van der Waals surface area contributed by atoms with Gasteiger partial charge in [0.2, 0.25) is 0 Å². The second-order valence-corrected chi connectivity index (χ2v) is 8.74. The first-order valence-electron chi connectivity index (χ1n) is 11.4. The summed E-state index contributed by atoms with van der Waals surface area (Å²) in [7, 11) is 0. The summed E-state index contributed by atoms with van der Waals surface area (Å²) >= 11 is 3.55. The lowest BCUT2D eigenvalue weighted by Crippen LogP contribution is -2.12. The van der Waals surface area contributed by atoms with Crippen molar-refractivity contribution in [2.24, 2.45) is 0 Å². The fraction of sp³-hybridized carbons (Fsp3) is 0.308. The van der Waals surface area contributed by atoms with Crippen molar-refractivity contribution in [1.82, 2.24) is 19.6 Å². The van der Waals surface area contributed by atoms with Crippen molar-refractivity contribution in [2.75, 3.05) is 6.61 Å². The molecule has 0 unspecified atom stereocenters. The first kappa shape index (κ1) is 24.0. The third-order valence-corrected chi connectivity index (χ3v) is 5.99. The van der Waals surface area contributed by atoms with Gasteiger partial charge in [0.1, 0.15) is 0 Å². The van der Waals surface area contributed by atoms with Gasteiger partial charge in [-0.2, -0.15) is 5.10 Å². The Morgan fingerprint density at radius 2 is 1.88 bits per heavy atom. The fourth-order valence-corrected chi connectivity index (χ4v) is 4.35. The van der Waals surface area contributed by atoms with E-state index in [1.54, 1.807) is 18.6 Å². The minimum atomic E-state index is -0.228. The van der Waals surface area contributed by atoms with Crippen LogP contribution in [-0.2, 0) is 40.3 Å². The Kier molecular flexibility index (Phi) is 8.03. The molecule has 7 nitrogen and oxygen atoms in total. The van der Waals surface area contributed by atoms with Gasteiger partial charge >= 0.3 is 5.97 Å². The monoisotopic (exact) mass is 522 g/mol. The van der Waals surface area contributed by atoms with Crippen LogP contribution in [0.25, 0.3) is 16.6 Å². The van der Waals surface area contributed by atoms with Crippen molar-refractivity contribution in [3.63, 3.8) is 0 Å². The highest BCUT2D eigenvalue weighted by atomic mass is 79.9. The first-order chi connectivity index (χ1) is 16.6. The van der Waals surface area contributed by atoms with E-state index in [9.17, 15) is 4.79 Å². The number of aryl methyl sites for hydroxylation is 1. The molecule has 0 aromatic carbocycles. The van der Waals surface area contributed by atoms with Crippen LogP contribution >= 0.6 is 15.9 Å². The van der Waals surface area contributed by atoms with Crippen LogP contribution in [0.15, 0.2) is 59.6 Å². The molecule has 0 amide bonds. The summed E-state index contributed by atoms with van der Waals surface area (Å²) in [6.45, 7) is 5.04. The normalized spacial score (nSPS) is 11.1. The summed E-state index contributed by atoms with van der Waals surface area (Å²) in [6, 6.07) is 10.1. The largest absolute Gasteiger partial charge is 0.466 e. The van der Waals surface area contributed by atoms with Crippen LogP contribution in [0.2, 0.25) is 0 Å². The summed E-state index contributed by atoms with van der Waals surface area (Å²) in [4.78, 5) is 20.7. The maximum absolute atomic E-state index is 12.2. The molecule has 4 rings (SSSR count). The van der Waals surface area contributed by atoms with Crippen LogP contribution < -0.4 is 0 Å². The van der Waals surface area contributed by atoms with Gasteiger partial charge in [-0.15, -0.1) is 0 Å². The number of halogens is 1. The van der Waals surface area contributed by atoms with Crippen LogP contribution in [-0.4, -0.2) is 32.2 Å². The average Bonchev–Trinajstić information content (AvgIpc) is 3.25. The lowest BCUT2D eigenvalue weighted by Gasteiger charge is -2.18. The van der Waals surface area contributed by atoms with E-state index in [2.05, 4.69) is 45.0 Å². The number of hydrogen-bond acceptors (Lipinski definition) is 6. The van der Waals surface area contributed by atoms with Crippen LogP contribution in [0, 0.1) is 0 Å². The SMILES string of the molecule is CCOC(=O)CCc1c(COCc2ccncc2)nn2c(CC)ccc2c1-c1cncc(Br)c1. The van der Waals surface area contributed by atoms with Crippen molar-refractivity contribution in [3.8, 4) is 11.1 Å². The van der Waals surface area contributed by atoms with E-state index in [4.69, 9.17) is 14.6 Å². The van der Waals surface area contributed by atoms with Crippen LogP contribution in [0.3, 0.4) is 0 Å². The molecule has 34 heavy (non-hydrogen) atoms. The molecule has 0 N–H and O–H groups in total. The van der Waals surface area contributed by atoms with Gasteiger partial charge in [0.25, 0.3) is 0 Å². The van der Waals surface area contributed by atoms with Gasteiger partial charge in [0, 0.05) is 52.5 Å². The smallest absolute Gasteiger partial charge is 0.306 e. The lowest BCUT2D eigenvalue weighted by molar-refractivity contribution is -0.143. The van der Waals surface area contributed by atoms with E-state index in [1.807, 2.05) is 35.8 Å². The molecule has 4 aromatic heterocycles. The summed E-state index contributed by atoms with van der Waals surface area (Å²) in [6.07, 6.45) is 8.70. The molecule has 0 radical (unpaired) electrons. The number of esters is 1. The van der Waals surface area contributed by atoms with Crippen molar-refractivity contribution in [2.45, 2.75) is 46.3 Å². The second kappa shape index (κ2) is 11.4. The number of pyridine rings is 2. The van der Waals surface area contributed by atoms with Crippen molar-refractivity contribution >= 4 is 27.4 Å². The maximum atomic E-state index is 12.2. The number of hydrogen-bond donors (Lipinski definition) is 0. The van der Waals surface area contributed by atoms with Gasteiger partial charge in [0.15, 0.2) is 0 Å². The molecule has 0 saturated heterocycles. The Bertz CT molecular complexity index is 1270. The summed E-state index contributed by atoms with van der Waals surface area (Å²) < 4.78 is 14.1. The van der Waals surface area contributed by atoms with E-state index < -0.39 is 0 Å². The van der Waals surface area contributed by atoms with Gasteiger partial charge in [-0.3, -0.25) is 14.8 Å². The molecule has 4 aromatic rings. The zero-order valence-corrected chi connectivity index (χ0v) is 20.9. The molecular weight excluding hydrogens is 496 g/mol. The molecule has 0 saturated carbocycles. The van der Waals surface area contributed by atoms with Gasteiger partial charge in [-0.05, 0) is 77.2 Å². The van der Waals surface area contributed by atoms with Gasteiger partial charge in [-0.25, -0.2) is 4.52 Å². The molecule has 0 fully saturated rings. The molecule has 4 heterocycles. The van der Waals surface area contributed by atoms with Gasteiger partial charge < -0.3 is 9.47 Å². The standard InChI is InChI=1S/C26H27BrN4O3/c1-3-21-5-7-24-26(19-13-20(27)15-29-14-19)22(6-8-25(32)34-4-2)23(30-31(21)24)17-33-16-18-9-11-28-12-10-18/h5,7,9-15H,3-4,6,8,16-17H2,1-2H3. The predicted octanol–water partition coefficient (Wildman–Crippen LogP) is 5.33. The summed E-state index contributed by atoms with van der Waals surface area (Å²) in [5, 5.41) is 4.96. The molecule has 0 aliphatic heterocycles. The quantitative estimate of drug-likeness (QED) is 0.262. The van der Waals surface area contributed by atoms with E-state index >= 15 is 0 Å². The Labute approximate surface area is 207 Å². The van der Waals surface area contributed by atoms with E-state index in [0.29, 0.717) is 26.2 Å². The highest BCUT2D eigenvalue weighted by molar-refractivity contribution is 9.10. The topological polar surface area (TPSA) is 78.6 Å². The molecule has 0 spiro atoms. The van der Waals surface area contributed by atoms with Crippen molar-refractivity contribution in [3.05, 3.63) is 82.1 Å².